The number of hydrogen-bond donors (Lipinski definition) is 1. The van der Waals surface area contributed by atoms with Crippen LogP contribution in [0.15, 0.2) is 42.6 Å². The summed E-state index contributed by atoms with van der Waals surface area (Å²) < 4.78 is 37.6. The highest BCUT2D eigenvalue weighted by Gasteiger charge is 2.43. The van der Waals surface area contributed by atoms with E-state index in [4.69, 9.17) is 11.6 Å². The first kappa shape index (κ1) is 20.4. The lowest BCUT2D eigenvalue weighted by Crippen LogP contribution is -2.44. The first-order valence-corrected chi connectivity index (χ1v) is 11.5. The summed E-state index contributed by atoms with van der Waals surface area (Å²) >= 11 is 7.58. The van der Waals surface area contributed by atoms with Crippen molar-refractivity contribution in [3.05, 3.63) is 70.5 Å². The number of benzene rings is 2. The minimum absolute atomic E-state index is 0.00346. The first-order valence-electron chi connectivity index (χ1n) is 10.4. The summed E-state index contributed by atoms with van der Waals surface area (Å²) in [6, 6.07) is 9.05. The average molecular weight is 484 g/mol. The van der Waals surface area contributed by atoms with Crippen molar-refractivity contribution >= 4 is 46.1 Å². The standard InChI is InChI=1S/C23H16ClF2N5OS/c24-16-10-19(17(25)9-14(16)11-1-3-18-20(7-11)30-33-29-18)28-23(32)31-12-2-4-21(31)13-5-6-27-22(26)15(13)8-12/h1,3,5-7,9-10,12,21H,2,4,8H2,(H,28,32)/t12-,21+/m0/s1. The smallest absolute Gasteiger partial charge is 0.314 e. The lowest BCUT2D eigenvalue weighted by Gasteiger charge is -2.36. The molecule has 0 spiro atoms. The van der Waals surface area contributed by atoms with Crippen LogP contribution in [0.3, 0.4) is 0 Å². The number of amides is 2. The Morgan fingerprint density at radius 2 is 1.97 bits per heavy atom. The van der Waals surface area contributed by atoms with Gasteiger partial charge in [0.15, 0.2) is 0 Å². The van der Waals surface area contributed by atoms with Crippen molar-refractivity contribution in [2.24, 2.45) is 0 Å². The number of carbonyl (C=O) groups is 1. The van der Waals surface area contributed by atoms with Crippen LogP contribution in [0.2, 0.25) is 5.02 Å². The van der Waals surface area contributed by atoms with Crippen molar-refractivity contribution in [1.29, 1.82) is 0 Å². The number of halogens is 3. The Morgan fingerprint density at radius 3 is 2.85 bits per heavy atom. The third-order valence-corrected chi connectivity index (χ3v) is 7.31. The quantitative estimate of drug-likeness (QED) is 0.356. The van der Waals surface area contributed by atoms with Gasteiger partial charge in [-0.25, -0.2) is 14.2 Å². The summed E-state index contributed by atoms with van der Waals surface area (Å²) in [5.41, 5.74) is 4.01. The molecule has 33 heavy (non-hydrogen) atoms. The molecule has 4 aromatic rings. The largest absolute Gasteiger partial charge is 0.322 e. The van der Waals surface area contributed by atoms with E-state index in [1.54, 1.807) is 29.2 Å². The Labute approximate surface area is 196 Å². The molecule has 1 N–H and O–H groups in total. The summed E-state index contributed by atoms with van der Waals surface area (Å²) in [6.45, 7) is 0. The number of fused-ring (bicyclic) bond motifs is 5. The van der Waals surface area contributed by atoms with E-state index in [1.165, 1.54) is 18.3 Å². The van der Waals surface area contributed by atoms with E-state index in [9.17, 15) is 9.18 Å². The Kier molecular flexibility index (Phi) is 4.77. The number of hydrogen-bond acceptors (Lipinski definition) is 5. The normalized spacial score (nSPS) is 19.1. The van der Waals surface area contributed by atoms with Crippen molar-refractivity contribution in [3.8, 4) is 11.1 Å². The van der Waals surface area contributed by atoms with Gasteiger partial charge in [0.1, 0.15) is 16.9 Å². The van der Waals surface area contributed by atoms with E-state index in [0.717, 1.165) is 35.6 Å². The monoisotopic (exact) mass is 483 g/mol. The fraction of sp³-hybridized carbons (Fsp3) is 0.217. The third-order valence-electron chi connectivity index (χ3n) is 6.44. The fourth-order valence-corrected chi connectivity index (χ4v) is 5.71. The second-order valence-electron chi connectivity index (χ2n) is 8.24. The highest BCUT2D eigenvalue weighted by atomic mass is 35.5. The second kappa shape index (κ2) is 7.71. The van der Waals surface area contributed by atoms with Crippen LogP contribution in [0.5, 0.6) is 0 Å². The van der Waals surface area contributed by atoms with Gasteiger partial charge in [-0.3, -0.25) is 0 Å². The lowest BCUT2D eigenvalue weighted by atomic mass is 9.95. The molecule has 1 saturated heterocycles. The second-order valence-corrected chi connectivity index (χ2v) is 9.17. The first-order chi connectivity index (χ1) is 16.0. The van der Waals surface area contributed by atoms with Gasteiger partial charge in [-0.2, -0.15) is 13.1 Å². The van der Waals surface area contributed by atoms with Crippen LogP contribution in [0.1, 0.15) is 30.0 Å². The summed E-state index contributed by atoms with van der Waals surface area (Å²) in [5.74, 6) is -1.08. The van der Waals surface area contributed by atoms with Crippen LogP contribution in [0.25, 0.3) is 22.2 Å². The zero-order valence-electron chi connectivity index (χ0n) is 17.1. The van der Waals surface area contributed by atoms with Gasteiger partial charge in [0.05, 0.1) is 28.5 Å². The Morgan fingerprint density at radius 1 is 1.12 bits per heavy atom. The number of nitrogens with one attached hydrogen (secondary N) is 1. The van der Waals surface area contributed by atoms with Gasteiger partial charge in [-0.1, -0.05) is 17.7 Å². The van der Waals surface area contributed by atoms with Gasteiger partial charge in [0.25, 0.3) is 0 Å². The fourth-order valence-electron chi connectivity index (χ4n) is 4.92. The molecule has 2 bridgehead atoms. The zero-order valence-corrected chi connectivity index (χ0v) is 18.6. The molecule has 2 aliphatic heterocycles. The molecule has 2 atom stereocenters. The molecule has 2 amide bonds. The van der Waals surface area contributed by atoms with Gasteiger partial charge in [0.2, 0.25) is 5.95 Å². The van der Waals surface area contributed by atoms with E-state index in [1.807, 2.05) is 0 Å². The highest BCUT2D eigenvalue weighted by Crippen LogP contribution is 2.44. The Bertz CT molecular complexity index is 1430. The van der Waals surface area contributed by atoms with Gasteiger partial charge < -0.3 is 10.2 Å². The molecule has 0 saturated carbocycles. The molecule has 2 aliphatic rings. The third kappa shape index (κ3) is 3.34. The zero-order chi connectivity index (χ0) is 22.7. The van der Waals surface area contributed by atoms with E-state index in [2.05, 4.69) is 19.0 Å². The van der Waals surface area contributed by atoms with Gasteiger partial charge in [0, 0.05) is 23.4 Å². The Hall–Kier alpha value is -3.17. The van der Waals surface area contributed by atoms with Crippen LogP contribution < -0.4 is 5.32 Å². The van der Waals surface area contributed by atoms with E-state index in [-0.39, 0.29) is 17.8 Å². The number of pyridine rings is 1. The lowest BCUT2D eigenvalue weighted by molar-refractivity contribution is 0.178. The van der Waals surface area contributed by atoms with Crippen LogP contribution >= 0.6 is 23.3 Å². The van der Waals surface area contributed by atoms with Crippen molar-refractivity contribution in [1.82, 2.24) is 18.6 Å². The topological polar surface area (TPSA) is 71.0 Å². The molecular formula is C23H16ClF2N5OS. The maximum atomic E-state index is 15.0. The summed E-state index contributed by atoms with van der Waals surface area (Å²) in [5, 5.41) is 2.97. The summed E-state index contributed by atoms with van der Waals surface area (Å²) in [4.78, 5) is 18.6. The van der Waals surface area contributed by atoms with Gasteiger partial charge >= 0.3 is 6.03 Å². The molecule has 6 rings (SSSR count). The maximum Gasteiger partial charge on any atom is 0.322 e. The number of rotatable bonds is 2. The number of carbonyl (C=O) groups excluding carboxylic acids is 1. The molecule has 0 aliphatic carbocycles. The average Bonchev–Trinajstić information content (AvgIpc) is 3.40. The number of anilines is 1. The minimum atomic E-state index is -0.598. The maximum absolute atomic E-state index is 15.0. The summed E-state index contributed by atoms with van der Waals surface area (Å²) in [6.07, 6.45) is 3.29. The summed E-state index contributed by atoms with van der Waals surface area (Å²) in [7, 11) is 0. The van der Waals surface area contributed by atoms with Gasteiger partial charge in [-0.05, 0) is 60.7 Å². The van der Waals surface area contributed by atoms with E-state index < -0.39 is 17.8 Å². The molecule has 0 unspecified atom stereocenters. The van der Waals surface area contributed by atoms with Crippen LogP contribution in [-0.4, -0.2) is 30.7 Å². The van der Waals surface area contributed by atoms with Gasteiger partial charge in [-0.15, -0.1) is 0 Å². The number of nitrogens with zero attached hydrogens (tertiary/aromatic N) is 4. The minimum Gasteiger partial charge on any atom is -0.314 e. The number of urea groups is 1. The molecule has 2 aromatic heterocycles. The predicted octanol–water partition coefficient (Wildman–Crippen LogP) is 5.98. The van der Waals surface area contributed by atoms with Crippen LogP contribution in [0.4, 0.5) is 19.3 Å². The van der Waals surface area contributed by atoms with E-state index in [0.29, 0.717) is 33.7 Å². The molecule has 4 heterocycles. The van der Waals surface area contributed by atoms with Crippen LogP contribution in [-0.2, 0) is 6.42 Å². The van der Waals surface area contributed by atoms with Crippen LogP contribution in [0, 0.1) is 11.8 Å². The van der Waals surface area contributed by atoms with Crippen molar-refractivity contribution in [2.75, 3.05) is 5.32 Å². The van der Waals surface area contributed by atoms with Crippen molar-refractivity contribution in [2.45, 2.75) is 31.3 Å². The molecule has 1 fully saturated rings. The molecular weight excluding hydrogens is 468 g/mol. The number of aromatic nitrogens is 3. The molecule has 10 heteroatoms. The molecule has 166 valence electrons. The molecule has 0 radical (unpaired) electrons. The van der Waals surface area contributed by atoms with Crippen molar-refractivity contribution < 1.29 is 13.6 Å². The molecule has 2 aromatic carbocycles. The molecule has 6 nitrogen and oxygen atoms in total. The SMILES string of the molecule is O=C(Nc1cc(Cl)c(-c2ccc3nsnc3c2)cc1F)N1[C@H]2CC[C@@H]1c1ccnc(F)c1C2. The van der Waals surface area contributed by atoms with Crippen molar-refractivity contribution in [3.63, 3.8) is 0 Å². The van der Waals surface area contributed by atoms with E-state index >= 15 is 4.39 Å². The highest BCUT2D eigenvalue weighted by molar-refractivity contribution is 7.00. The Balaban J connectivity index is 1.28. The predicted molar refractivity (Wildman–Crippen MR) is 122 cm³/mol.